The molecule has 0 fully saturated rings. The number of hydrogen-bond donors (Lipinski definition) is 2. The van der Waals surface area contributed by atoms with Gasteiger partial charge in [-0.05, 0) is 24.7 Å². The predicted octanol–water partition coefficient (Wildman–Crippen LogP) is 0.997. The van der Waals surface area contributed by atoms with Crippen LogP contribution in [0.2, 0.25) is 0 Å². The number of rotatable bonds is 7. The number of benzene rings is 1. The molecule has 0 aliphatic rings. The van der Waals surface area contributed by atoms with Gasteiger partial charge in [-0.2, -0.15) is 0 Å². The van der Waals surface area contributed by atoms with Crippen molar-refractivity contribution in [2.45, 2.75) is 19.4 Å². The van der Waals surface area contributed by atoms with Gasteiger partial charge in [-0.1, -0.05) is 12.1 Å². The summed E-state index contributed by atoms with van der Waals surface area (Å²) in [7, 11) is 6.14. The van der Waals surface area contributed by atoms with E-state index in [0.717, 1.165) is 25.1 Å². The number of nitrogens with one attached hydrogen (secondary N) is 2. The van der Waals surface area contributed by atoms with Crippen LogP contribution in [0.25, 0.3) is 0 Å². The minimum Gasteiger partial charge on any atom is -0.362 e. The molecular formula is C15H25N4O2S+. The van der Waals surface area contributed by atoms with Crippen molar-refractivity contribution in [3.8, 4) is 0 Å². The first-order valence-corrected chi connectivity index (χ1v) is 7.77. The molecule has 7 heteroatoms. The highest BCUT2D eigenvalue weighted by Gasteiger charge is 2.16. The summed E-state index contributed by atoms with van der Waals surface area (Å²) in [4.78, 5) is 13.8. The second-order valence-electron chi connectivity index (χ2n) is 5.68. The summed E-state index contributed by atoms with van der Waals surface area (Å²) in [5.41, 5.74) is 0.976. The molecule has 122 valence electrons. The molecule has 22 heavy (non-hydrogen) atoms. The molecule has 0 heterocycles. The summed E-state index contributed by atoms with van der Waals surface area (Å²) in [6.45, 7) is 3.90. The van der Waals surface area contributed by atoms with E-state index < -0.39 is 0 Å². The lowest BCUT2D eigenvalue weighted by Crippen LogP contribution is -3.05. The van der Waals surface area contributed by atoms with Crippen molar-refractivity contribution in [2.75, 3.05) is 34.2 Å². The average Bonchev–Trinajstić information content (AvgIpc) is 2.49. The maximum Gasteiger partial charge on any atom is 0.269 e. The first-order chi connectivity index (χ1) is 10.3. The van der Waals surface area contributed by atoms with E-state index in [1.165, 1.54) is 11.0 Å². The fourth-order valence-electron chi connectivity index (χ4n) is 2.06. The molecule has 1 rings (SSSR count). The third-order valence-electron chi connectivity index (χ3n) is 3.59. The van der Waals surface area contributed by atoms with Crippen LogP contribution in [0, 0.1) is 10.1 Å². The second-order valence-corrected chi connectivity index (χ2v) is 6.07. The Bertz CT molecular complexity index is 522. The Morgan fingerprint density at radius 2 is 2.18 bits per heavy atom. The summed E-state index contributed by atoms with van der Waals surface area (Å²) < 4.78 is 0. The molecule has 0 aliphatic heterocycles. The maximum absolute atomic E-state index is 10.9. The Hall–Kier alpha value is -1.73. The van der Waals surface area contributed by atoms with Crippen molar-refractivity contribution < 1.29 is 9.82 Å². The summed E-state index contributed by atoms with van der Waals surface area (Å²) in [5, 5.41) is 14.8. The molecule has 6 nitrogen and oxygen atoms in total. The molecule has 0 radical (unpaired) electrons. The van der Waals surface area contributed by atoms with E-state index in [9.17, 15) is 10.1 Å². The Balaban J connectivity index is 2.60. The van der Waals surface area contributed by atoms with Crippen LogP contribution >= 0.6 is 12.2 Å². The van der Waals surface area contributed by atoms with Gasteiger partial charge in [0.1, 0.15) is 0 Å². The zero-order valence-corrected chi connectivity index (χ0v) is 14.4. The van der Waals surface area contributed by atoms with E-state index in [1.807, 2.05) is 24.9 Å². The van der Waals surface area contributed by atoms with Crippen LogP contribution in [0.5, 0.6) is 0 Å². The van der Waals surface area contributed by atoms with Gasteiger partial charge in [-0.15, -0.1) is 0 Å². The minimum atomic E-state index is -0.379. The van der Waals surface area contributed by atoms with Gasteiger partial charge < -0.3 is 15.1 Å². The van der Waals surface area contributed by atoms with Gasteiger partial charge in [0, 0.05) is 32.1 Å². The van der Waals surface area contributed by atoms with Gasteiger partial charge in [-0.25, -0.2) is 0 Å². The normalized spacial score (nSPS) is 12.0. The highest BCUT2D eigenvalue weighted by molar-refractivity contribution is 7.80. The van der Waals surface area contributed by atoms with Gasteiger partial charge in [-0.3, -0.25) is 10.1 Å². The van der Waals surface area contributed by atoms with E-state index in [-0.39, 0.29) is 16.7 Å². The van der Waals surface area contributed by atoms with E-state index in [2.05, 4.69) is 19.4 Å². The van der Waals surface area contributed by atoms with E-state index in [1.54, 1.807) is 12.1 Å². The van der Waals surface area contributed by atoms with Crippen molar-refractivity contribution in [3.63, 3.8) is 0 Å². The van der Waals surface area contributed by atoms with Crippen molar-refractivity contribution in [1.82, 2.24) is 10.2 Å². The SMILES string of the molecule is C[C@H](c1cccc([N+](=O)[O-])c1)N(C)C(=S)NCCC[NH+](C)C. The molecule has 0 aliphatic carbocycles. The fourth-order valence-corrected chi connectivity index (χ4v) is 2.32. The maximum atomic E-state index is 10.9. The fraction of sp³-hybridized carbons (Fsp3) is 0.533. The van der Waals surface area contributed by atoms with Crippen LogP contribution in [-0.2, 0) is 0 Å². The number of nitrogens with zero attached hydrogens (tertiary/aromatic N) is 2. The van der Waals surface area contributed by atoms with E-state index in [0.29, 0.717) is 5.11 Å². The molecule has 0 aromatic heterocycles. The van der Waals surface area contributed by atoms with Gasteiger partial charge in [0.2, 0.25) is 0 Å². The Morgan fingerprint density at radius 1 is 1.50 bits per heavy atom. The lowest BCUT2D eigenvalue weighted by atomic mass is 10.1. The summed E-state index contributed by atoms with van der Waals surface area (Å²) in [5.74, 6) is 0. The van der Waals surface area contributed by atoms with Crippen LogP contribution in [-0.4, -0.2) is 49.2 Å². The lowest BCUT2D eigenvalue weighted by Gasteiger charge is -2.28. The zero-order chi connectivity index (χ0) is 16.7. The molecule has 0 saturated heterocycles. The smallest absolute Gasteiger partial charge is 0.269 e. The lowest BCUT2D eigenvalue weighted by molar-refractivity contribution is -0.858. The minimum absolute atomic E-state index is 0.0284. The summed E-state index contributed by atoms with van der Waals surface area (Å²) in [6.07, 6.45) is 1.04. The molecule has 0 spiro atoms. The third-order valence-corrected chi connectivity index (χ3v) is 4.03. The molecule has 1 atom stereocenters. The van der Waals surface area contributed by atoms with Crippen LogP contribution in [0.4, 0.5) is 5.69 Å². The Kier molecular flexibility index (Phi) is 7.20. The van der Waals surface area contributed by atoms with Gasteiger partial charge in [0.05, 0.1) is 31.6 Å². The van der Waals surface area contributed by atoms with Crippen LogP contribution in [0.15, 0.2) is 24.3 Å². The third kappa shape index (κ3) is 5.57. The van der Waals surface area contributed by atoms with Crippen molar-refractivity contribution in [2.24, 2.45) is 0 Å². The molecular weight excluding hydrogens is 300 g/mol. The summed E-state index contributed by atoms with van der Waals surface area (Å²) in [6, 6.07) is 6.65. The predicted molar refractivity (Wildman–Crippen MR) is 92.2 cm³/mol. The molecule has 0 saturated carbocycles. The number of nitro benzene ring substituents is 1. The number of nitro groups is 1. The average molecular weight is 325 g/mol. The molecule has 1 aromatic rings. The van der Waals surface area contributed by atoms with Crippen LogP contribution in [0.3, 0.4) is 0 Å². The second kappa shape index (κ2) is 8.65. The first-order valence-electron chi connectivity index (χ1n) is 7.37. The summed E-state index contributed by atoms with van der Waals surface area (Å²) >= 11 is 5.39. The molecule has 0 amide bonds. The van der Waals surface area contributed by atoms with Gasteiger partial charge >= 0.3 is 0 Å². The van der Waals surface area contributed by atoms with E-state index in [4.69, 9.17) is 12.2 Å². The monoisotopic (exact) mass is 325 g/mol. The van der Waals surface area contributed by atoms with Crippen molar-refractivity contribution in [1.29, 1.82) is 0 Å². The molecule has 0 bridgehead atoms. The first kappa shape index (κ1) is 18.3. The molecule has 0 unspecified atom stereocenters. The highest BCUT2D eigenvalue weighted by atomic mass is 32.1. The van der Waals surface area contributed by atoms with E-state index >= 15 is 0 Å². The standard InChI is InChI=1S/C15H24N4O2S/c1-12(13-7-5-8-14(11-13)19(20)21)18(4)15(22)16-9-6-10-17(2)3/h5,7-8,11-12H,6,9-10H2,1-4H3,(H,16,22)/p+1/t12-/m1/s1. The van der Waals surface area contributed by atoms with Crippen LogP contribution < -0.4 is 10.2 Å². The topological polar surface area (TPSA) is 62.9 Å². The van der Waals surface area contributed by atoms with Crippen LogP contribution in [0.1, 0.15) is 24.9 Å². The Labute approximate surface area is 137 Å². The zero-order valence-electron chi connectivity index (χ0n) is 13.6. The Morgan fingerprint density at radius 3 is 2.77 bits per heavy atom. The largest absolute Gasteiger partial charge is 0.362 e. The van der Waals surface area contributed by atoms with Crippen molar-refractivity contribution in [3.05, 3.63) is 39.9 Å². The van der Waals surface area contributed by atoms with Crippen molar-refractivity contribution >= 4 is 23.0 Å². The number of quaternary nitrogens is 1. The number of thiocarbonyl (C=S) groups is 1. The van der Waals surface area contributed by atoms with Gasteiger partial charge in [0.15, 0.2) is 5.11 Å². The van der Waals surface area contributed by atoms with Gasteiger partial charge in [0.25, 0.3) is 5.69 Å². The number of non-ortho nitro benzene ring substituents is 1. The number of hydrogen-bond acceptors (Lipinski definition) is 3. The molecule has 1 aromatic carbocycles. The quantitative estimate of drug-likeness (QED) is 0.339. The molecule has 2 N–H and O–H groups in total. The highest BCUT2D eigenvalue weighted by Crippen LogP contribution is 2.22.